The van der Waals surface area contributed by atoms with Crippen LogP contribution < -0.4 is 0 Å². The van der Waals surface area contributed by atoms with Crippen LogP contribution in [0.15, 0.2) is 30.3 Å². The van der Waals surface area contributed by atoms with E-state index in [9.17, 15) is 4.79 Å². The van der Waals surface area contributed by atoms with Gasteiger partial charge >= 0.3 is 0 Å². The van der Waals surface area contributed by atoms with Crippen LogP contribution in [-0.4, -0.2) is 38.4 Å². The van der Waals surface area contributed by atoms with E-state index in [0.717, 1.165) is 72.7 Å². The topological polar surface area (TPSA) is 53.9 Å². The first-order chi connectivity index (χ1) is 13.1. The van der Waals surface area contributed by atoms with Crippen LogP contribution in [0.25, 0.3) is 11.0 Å². The fraction of sp³-hybridized carbons (Fsp3) is 0.455. The van der Waals surface area contributed by atoms with Gasteiger partial charge in [-0.2, -0.15) is 0 Å². The molecule has 27 heavy (non-hydrogen) atoms. The Morgan fingerprint density at radius 2 is 2.11 bits per heavy atom. The first-order valence-electron chi connectivity index (χ1n) is 9.96. The van der Waals surface area contributed by atoms with Crippen LogP contribution in [0, 0.1) is 19.8 Å². The van der Waals surface area contributed by atoms with Gasteiger partial charge in [-0.05, 0) is 57.7 Å². The predicted molar refractivity (Wildman–Crippen MR) is 108 cm³/mol. The normalized spacial score (nSPS) is 17.6. The van der Waals surface area contributed by atoms with Crippen molar-refractivity contribution in [1.82, 2.24) is 19.4 Å². The smallest absolute Gasteiger partial charge is 0.255 e. The number of para-hydroxylation sites is 2. The molecule has 1 aliphatic heterocycles. The molecule has 2 aromatic heterocycles. The highest BCUT2D eigenvalue weighted by atomic mass is 16.2. The third-order valence-corrected chi connectivity index (χ3v) is 5.85. The van der Waals surface area contributed by atoms with Crippen LogP contribution in [0.3, 0.4) is 0 Å². The number of benzene rings is 1. The van der Waals surface area contributed by atoms with Gasteiger partial charge in [-0.1, -0.05) is 12.1 Å². The first-order valence-corrected chi connectivity index (χ1v) is 9.96. The number of carbonyl (C=O) groups is 1. The second-order valence-electron chi connectivity index (χ2n) is 7.69. The van der Waals surface area contributed by atoms with Crippen molar-refractivity contribution in [3.63, 3.8) is 0 Å². The average molecular weight is 364 g/mol. The van der Waals surface area contributed by atoms with Crippen molar-refractivity contribution in [3.05, 3.63) is 53.1 Å². The van der Waals surface area contributed by atoms with Crippen LogP contribution in [-0.2, 0) is 13.0 Å². The maximum Gasteiger partial charge on any atom is 0.255 e. The molecule has 1 fully saturated rings. The van der Waals surface area contributed by atoms with Crippen LogP contribution in [0.2, 0.25) is 0 Å². The van der Waals surface area contributed by atoms with Gasteiger partial charge in [0.2, 0.25) is 0 Å². The van der Waals surface area contributed by atoms with Crippen molar-refractivity contribution < 1.29 is 4.79 Å². The Hall–Kier alpha value is -2.56. The molecule has 1 amide bonds. The van der Waals surface area contributed by atoms with E-state index in [0.29, 0.717) is 5.92 Å². The van der Waals surface area contributed by atoms with Gasteiger partial charge in [0, 0.05) is 37.4 Å². The van der Waals surface area contributed by atoms with Crippen molar-refractivity contribution in [1.29, 1.82) is 0 Å². The number of piperidine rings is 1. The minimum Gasteiger partial charge on any atom is -0.349 e. The van der Waals surface area contributed by atoms with E-state index in [-0.39, 0.29) is 5.91 Å². The number of nitrogens with one attached hydrogen (secondary N) is 1. The number of hydrogen-bond donors (Lipinski definition) is 1. The summed E-state index contributed by atoms with van der Waals surface area (Å²) in [5.74, 6) is 1.66. The molecule has 0 spiro atoms. The zero-order chi connectivity index (χ0) is 19.0. The third kappa shape index (κ3) is 3.38. The van der Waals surface area contributed by atoms with Gasteiger partial charge < -0.3 is 14.5 Å². The summed E-state index contributed by atoms with van der Waals surface area (Å²) in [6.45, 7) is 8.82. The predicted octanol–water partition coefficient (Wildman–Crippen LogP) is 4.10. The summed E-state index contributed by atoms with van der Waals surface area (Å²) in [5, 5.41) is 0. The van der Waals surface area contributed by atoms with E-state index in [1.807, 2.05) is 29.2 Å². The number of aromatic amines is 1. The van der Waals surface area contributed by atoms with Crippen LogP contribution in [0.1, 0.15) is 47.3 Å². The molecule has 0 bridgehead atoms. The Morgan fingerprint density at radius 3 is 2.85 bits per heavy atom. The van der Waals surface area contributed by atoms with Gasteiger partial charge in [-0.15, -0.1) is 0 Å². The molecule has 1 aromatic carbocycles. The van der Waals surface area contributed by atoms with Crippen molar-refractivity contribution >= 4 is 16.9 Å². The van der Waals surface area contributed by atoms with Crippen molar-refractivity contribution in [3.8, 4) is 0 Å². The fourth-order valence-corrected chi connectivity index (χ4v) is 4.47. The lowest BCUT2D eigenvalue weighted by atomic mass is 9.94. The zero-order valence-corrected chi connectivity index (χ0v) is 16.5. The summed E-state index contributed by atoms with van der Waals surface area (Å²) in [7, 11) is 0. The highest BCUT2D eigenvalue weighted by Crippen LogP contribution is 2.24. The number of carbonyl (C=O) groups excluding carboxylic acids is 1. The molecule has 1 saturated heterocycles. The van der Waals surface area contributed by atoms with E-state index >= 15 is 0 Å². The monoisotopic (exact) mass is 364 g/mol. The Labute approximate surface area is 160 Å². The summed E-state index contributed by atoms with van der Waals surface area (Å²) >= 11 is 0. The number of H-pyrrole nitrogens is 1. The second kappa shape index (κ2) is 7.22. The quantitative estimate of drug-likeness (QED) is 0.758. The molecule has 0 radical (unpaired) electrons. The number of imidazole rings is 1. The lowest BCUT2D eigenvalue weighted by Gasteiger charge is -2.32. The summed E-state index contributed by atoms with van der Waals surface area (Å²) in [5.41, 5.74) is 5.21. The minimum atomic E-state index is 0.178. The van der Waals surface area contributed by atoms with E-state index < -0.39 is 0 Å². The Balaban J connectivity index is 1.48. The number of likely N-dealkylation sites (tertiary alicyclic amines) is 1. The number of aromatic nitrogens is 3. The molecule has 0 aliphatic carbocycles. The fourth-order valence-electron chi connectivity index (χ4n) is 4.47. The van der Waals surface area contributed by atoms with Crippen LogP contribution in [0.4, 0.5) is 0 Å². The van der Waals surface area contributed by atoms with E-state index in [1.165, 1.54) is 0 Å². The largest absolute Gasteiger partial charge is 0.349 e. The lowest BCUT2D eigenvalue weighted by Crippen LogP contribution is -2.40. The summed E-state index contributed by atoms with van der Waals surface area (Å²) in [4.78, 5) is 23.3. The molecule has 1 aliphatic rings. The molecule has 5 heteroatoms. The highest BCUT2D eigenvalue weighted by molar-refractivity contribution is 5.95. The van der Waals surface area contributed by atoms with Gasteiger partial charge in [-0.25, -0.2) is 4.98 Å². The van der Waals surface area contributed by atoms with Crippen molar-refractivity contribution in [2.45, 2.75) is 46.6 Å². The second-order valence-corrected chi connectivity index (χ2v) is 7.69. The van der Waals surface area contributed by atoms with E-state index in [2.05, 4.69) is 36.4 Å². The minimum absolute atomic E-state index is 0.178. The number of hydrogen-bond acceptors (Lipinski definition) is 2. The van der Waals surface area contributed by atoms with Crippen molar-refractivity contribution in [2.24, 2.45) is 5.92 Å². The SMILES string of the molecule is CCn1c(C)cc(C(=O)N2CCCC(Cc3nc4ccccc4[nH]3)C2)c1C. The summed E-state index contributed by atoms with van der Waals surface area (Å²) in [6, 6.07) is 10.2. The highest BCUT2D eigenvalue weighted by Gasteiger charge is 2.27. The maximum atomic E-state index is 13.1. The van der Waals surface area contributed by atoms with E-state index in [4.69, 9.17) is 4.98 Å². The first kappa shape index (κ1) is 17.8. The van der Waals surface area contributed by atoms with Gasteiger partial charge in [0.25, 0.3) is 5.91 Å². The molecule has 3 heterocycles. The molecule has 3 aromatic rings. The molecule has 1 atom stereocenters. The number of fused-ring (bicyclic) bond motifs is 1. The number of nitrogens with zero attached hydrogens (tertiary/aromatic N) is 3. The number of rotatable bonds is 4. The van der Waals surface area contributed by atoms with Gasteiger partial charge in [0.05, 0.1) is 16.6 Å². The van der Waals surface area contributed by atoms with Gasteiger partial charge in [0.1, 0.15) is 5.82 Å². The summed E-state index contributed by atoms with van der Waals surface area (Å²) < 4.78 is 2.21. The van der Waals surface area contributed by atoms with Gasteiger partial charge in [-0.3, -0.25) is 4.79 Å². The molecule has 5 nitrogen and oxygen atoms in total. The molecule has 4 rings (SSSR count). The molecule has 1 unspecified atom stereocenters. The molecular formula is C22H28N4O. The average Bonchev–Trinajstić information content (AvgIpc) is 3.20. The molecule has 142 valence electrons. The zero-order valence-electron chi connectivity index (χ0n) is 16.5. The Kier molecular flexibility index (Phi) is 4.77. The van der Waals surface area contributed by atoms with Crippen LogP contribution >= 0.6 is 0 Å². The van der Waals surface area contributed by atoms with E-state index in [1.54, 1.807) is 0 Å². The Morgan fingerprint density at radius 1 is 1.30 bits per heavy atom. The van der Waals surface area contributed by atoms with Crippen molar-refractivity contribution in [2.75, 3.05) is 13.1 Å². The van der Waals surface area contributed by atoms with Gasteiger partial charge in [0.15, 0.2) is 0 Å². The third-order valence-electron chi connectivity index (χ3n) is 5.85. The molecule has 1 N–H and O–H groups in total. The Bertz CT molecular complexity index is 935. The standard InChI is InChI=1S/C22H28N4O/c1-4-26-15(2)12-18(16(26)3)22(27)25-11-7-8-17(14-25)13-21-23-19-9-5-6-10-20(19)24-21/h5-6,9-10,12,17H,4,7-8,11,13-14H2,1-3H3,(H,23,24). The number of aryl methyl sites for hydroxylation is 1. The maximum absolute atomic E-state index is 13.1. The molecule has 0 saturated carbocycles. The van der Waals surface area contributed by atoms with Crippen LogP contribution in [0.5, 0.6) is 0 Å². The lowest BCUT2D eigenvalue weighted by molar-refractivity contribution is 0.0671. The molecular weight excluding hydrogens is 336 g/mol. The summed E-state index contributed by atoms with van der Waals surface area (Å²) in [6.07, 6.45) is 3.10. The number of amides is 1.